The molecule has 1 unspecified atom stereocenters. The average Bonchev–Trinajstić information content (AvgIpc) is 2.86. The van der Waals surface area contributed by atoms with E-state index in [9.17, 15) is 10.1 Å². The summed E-state index contributed by atoms with van der Waals surface area (Å²) in [6, 6.07) is 10.7. The van der Waals surface area contributed by atoms with Crippen molar-refractivity contribution in [3.8, 4) is 6.07 Å². The van der Waals surface area contributed by atoms with E-state index in [4.69, 9.17) is 0 Å². The lowest BCUT2D eigenvalue weighted by molar-refractivity contribution is -0.115. The van der Waals surface area contributed by atoms with Crippen LogP contribution in [0.1, 0.15) is 59.9 Å². The fourth-order valence-electron chi connectivity index (χ4n) is 2.55. The molecule has 4 nitrogen and oxygen atoms in total. The number of thiophene rings is 1. The third kappa shape index (κ3) is 4.68. The van der Waals surface area contributed by atoms with Gasteiger partial charge in [-0.05, 0) is 43.4 Å². The lowest BCUT2D eigenvalue weighted by Gasteiger charge is -2.15. The van der Waals surface area contributed by atoms with Crippen LogP contribution in [0.4, 0.5) is 5.00 Å². The summed E-state index contributed by atoms with van der Waals surface area (Å²) < 4.78 is 0. The fraction of sp³-hybridized carbons (Fsp3) is 0.400. The van der Waals surface area contributed by atoms with Gasteiger partial charge in [0.15, 0.2) is 0 Å². The Morgan fingerprint density at radius 1 is 1.16 bits per heavy atom. The zero-order chi connectivity index (χ0) is 18.6. The molecular weight excluding hydrogens is 330 g/mol. The SMILES string of the molecule is Cc1sc(NC(=O)CNC(C)c2ccc(C(C)C)cc2)c(C#N)c1C. The molecule has 2 N–H and O–H groups in total. The number of aryl methyl sites for hydroxylation is 1. The van der Waals surface area contributed by atoms with Gasteiger partial charge in [-0.15, -0.1) is 11.3 Å². The molecule has 0 bridgehead atoms. The lowest BCUT2D eigenvalue weighted by Crippen LogP contribution is -2.30. The number of benzene rings is 1. The second-order valence-corrected chi connectivity index (χ2v) is 7.80. The van der Waals surface area contributed by atoms with Gasteiger partial charge in [0.2, 0.25) is 5.91 Å². The van der Waals surface area contributed by atoms with Crippen molar-refractivity contribution in [2.24, 2.45) is 0 Å². The van der Waals surface area contributed by atoms with Crippen LogP contribution in [0.2, 0.25) is 0 Å². The maximum absolute atomic E-state index is 12.2. The molecule has 1 atom stereocenters. The normalized spacial score (nSPS) is 12.0. The standard InChI is InChI=1S/C20H25N3OS/c1-12(2)16-6-8-17(9-7-16)14(4)22-11-19(24)23-20-18(10-21)13(3)15(5)25-20/h6-9,12,14,22H,11H2,1-5H3,(H,23,24). The molecule has 1 heterocycles. The zero-order valence-electron chi connectivity index (χ0n) is 15.4. The number of hydrogen-bond donors (Lipinski definition) is 2. The van der Waals surface area contributed by atoms with E-state index in [2.05, 4.69) is 54.8 Å². The van der Waals surface area contributed by atoms with E-state index in [0.29, 0.717) is 16.5 Å². The predicted octanol–water partition coefficient (Wildman–Crippen LogP) is 4.65. The van der Waals surface area contributed by atoms with E-state index < -0.39 is 0 Å². The molecule has 0 aliphatic carbocycles. The highest BCUT2D eigenvalue weighted by molar-refractivity contribution is 7.16. The number of nitrogens with one attached hydrogen (secondary N) is 2. The summed E-state index contributed by atoms with van der Waals surface area (Å²) in [6.45, 7) is 10.4. The summed E-state index contributed by atoms with van der Waals surface area (Å²) in [6.07, 6.45) is 0. The zero-order valence-corrected chi connectivity index (χ0v) is 16.3. The fourth-order valence-corrected chi connectivity index (χ4v) is 3.58. The summed E-state index contributed by atoms with van der Waals surface area (Å²) in [7, 11) is 0. The van der Waals surface area contributed by atoms with E-state index in [1.807, 2.05) is 20.8 Å². The van der Waals surface area contributed by atoms with E-state index in [0.717, 1.165) is 16.0 Å². The molecule has 0 aliphatic heterocycles. The van der Waals surface area contributed by atoms with Gasteiger partial charge in [0, 0.05) is 10.9 Å². The van der Waals surface area contributed by atoms with Gasteiger partial charge in [-0.3, -0.25) is 4.79 Å². The number of carbonyl (C=O) groups excluding carboxylic acids is 1. The minimum absolute atomic E-state index is 0.0780. The predicted molar refractivity (Wildman–Crippen MR) is 104 cm³/mol. The van der Waals surface area contributed by atoms with Crippen molar-refractivity contribution in [2.75, 3.05) is 11.9 Å². The first kappa shape index (κ1) is 19.2. The highest BCUT2D eigenvalue weighted by Gasteiger charge is 2.15. The third-order valence-corrected chi connectivity index (χ3v) is 5.54. The van der Waals surface area contributed by atoms with Crippen LogP contribution in [0, 0.1) is 25.2 Å². The van der Waals surface area contributed by atoms with Crippen LogP contribution >= 0.6 is 11.3 Å². The first-order valence-electron chi connectivity index (χ1n) is 8.46. The largest absolute Gasteiger partial charge is 0.315 e. The molecule has 132 valence electrons. The van der Waals surface area contributed by atoms with Gasteiger partial charge in [-0.25, -0.2) is 0 Å². The maximum Gasteiger partial charge on any atom is 0.238 e. The molecule has 1 aromatic heterocycles. The van der Waals surface area contributed by atoms with Crippen molar-refractivity contribution in [1.29, 1.82) is 5.26 Å². The summed E-state index contributed by atoms with van der Waals surface area (Å²) in [4.78, 5) is 13.3. The molecule has 0 fully saturated rings. The highest BCUT2D eigenvalue weighted by atomic mass is 32.1. The van der Waals surface area contributed by atoms with E-state index in [1.54, 1.807) is 0 Å². The molecule has 0 spiro atoms. The molecule has 1 aromatic carbocycles. The van der Waals surface area contributed by atoms with Crippen LogP contribution in [0.3, 0.4) is 0 Å². The second kappa shape index (κ2) is 8.28. The quantitative estimate of drug-likeness (QED) is 0.793. The highest BCUT2D eigenvalue weighted by Crippen LogP contribution is 2.31. The van der Waals surface area contributed by atoms with Crippen LogP contribution in [0.5, 0.6) is 0 Å². The van der Waals surface area contributed by atoms with Gasteiger partial charge < -0.3 is 10.6 Å². The maximum atomic E-state index is 12.2. The Bertz CT molecular complexity index is 785. The minimum atomic E-state index is -0.136. The summed E-state index contributed by atoms with van der Waals surface area (Å²) in [5.74, 6) is 0.374. The van der Waals surface area contributed by atoms with E-state index in [-0.39, 0.29) is 18.5 Å². The Balaban J connectivity index is 1.93. The summed E-state index contributed by atoms with van der Waals surface area (Å²) >= 11 is 1.45. The van der Waals surface area contributed by atoms with E-state index in [1.165, 1.54) is 16.9 Å². The van der Waals surface area contributed by atoms with Gasteiger partial charge >= 0.3 is 0 Å². The molecule has 25 heavy (non-hydrogen) atoms. The average molecular weight is 356 g/mol. The van der Waals surface area contributed by atoms with Crippen molar-refractivity contribution in [3.05, 3.63) is 51.4 Å². The number of hydrogen-bond acceptors (Lipinski definition) is 4. The van der Waals surface area contributed by atoms with Crippen LogP contribution in [-0.2, 0) is 4.79 Å². The van der Waals surface area contributed by atoms with Crippen molar-refractivity contribution >= 4 is 22.2 Å². The first-order valence-corrected chi connectivity index (χ1v) is 9.28. The number of rotatable bonds is 6. The monoisotopic (exact) mass is 355 g/mol. The number of anilines is 1. The molecule has 2 rings (SSSR count). The van der Waals surface area contributed by atoms with Crippen molar-refractivity contribution in [3.63, 3.8) is 0 Å². The molecule has 1 amide bonds. The Kier molecular flexibility index (Phi) is 6.35. The van der Waals surface area contributed by atoms with Crippen LogP contribution in [-0.4, -0.2) is 12.5 Å². The van der Waals surface area contributed by atoms with Crippen molar-refractivity contribution in [2.45, 2.75) is 46.6 Å². The van der Waals surface area contributed by atoms with Crippen LogP contribution in [0.15, 0.2) is 24.3 Å². The smallest absolute Gasteiger partial charge is 0.238 e. The Morgan fingerprint density at radius 3 is 2.32 bits per heavy atom. The first-order chi connectivity index (χ1) is 11.8. The van der Waals surface area contributed by atoms with Gasteiger partial charge in [0.25, 0.3) is 0 Å². The van der Waals surface area contributed by atoms with Crippen molar-refractivity contribution < 1.29 is 4.79 Å². The molecule has 0 saturated heterocycles. The third-order valence-electron chi connectivity index (χ3n) is 4.42. The number of carbonyl (C=O) groups is 1. The molecule has 2 aromatic rings. The van der Waals surface area contributed by atoms with Crippen LogP contribution < -0.4 is 10.6 Å². The molecule has 0 aliphatic rings. The minimum Gasteiger partial charge on any atom is -0.315 e. The molecular formula is C20H25N3OS. The molecule has 0 saturated carbocycles. The Hall–Kier alpha value is -2.16. The molecule has 5 heteroatoms. The molecule has 0 radical (unpaired) electrons. The van der Waals surface area contributed by atoms with Gasteiger partial charge in [0.1, 0.15) is 11.1 Å². The second-order valence-electron chi connectivity index (χ2n) is 6.57. The van der Waals surface area contributed by atoms with Crippen molar-refractivity contribution in [1.82, 2.24) is 5.32 Å². The Labute approximate surface area is 153 Å². The van der Waals surface area contributed by atoms with E-state index >= 15 is 0 Å². The number of nitrogens with zero attached hydrogens (tertiary/aromatic N) is 1. The summed E-state index contributed by atoms with van der Waals surface area (Å²) in [5.41, 5.74) is 3.96. The van der Waals surface area contributed by atoms with Crippen LogP contribution in [0.25, 0.3) is 0 Å². The van der Waals surface area contributed by atoms with Gasteiger partial charge in [0.05, 0.1) is 12.1 Å². The lowest BCUT2D eigenvalue weighted by atomic mass is 9.99. The number of nitriles is 1. The number of amides is 1. The topological polar surface area (TPSA) is 64.9 Å². The van der Waals surface area contributed by atoms with Gasteiger partial charge in [-0.1, -0.05) is 38.1 Å². The Morgan fingerprint density at radius 2 is 1.76 bits per heavy atom. The summed E-state index contributed by atoms with van der Waals surface area (Å²) in [5, 5.41) is 16.0. The van der Waals surface area contributed by atoms with Gasteiger partial charge in [-0.2, -0.15) is 5.26 Å².